The number of carbonyl (C=O) groups excluding carboxylic acids is 1. The molecule has 0 aliphatic heterocycles. The molecule has 0 radical (unpaired) electrons. The van der Waals surface area contributed by atoms with Gasteiger partial charge in [0, 0.05) is 14.0 Å². The Hall–Kier alpha value is -1.05. The second kappa shape index (κ2) is 21.3. The zero-order valence-electron chi connectivity index (χ0n) is 13.9. The fraction of sp³-hybridized carbons (Fsp3) is 0.889. The van der Waals surface area contributed by atoms with Crippen LogP contribution in [-0.4, -0.2) is 50.1 Å². The summed E-state index contributed by atoms with van der Waals surface area (Å²) in [5, 5.41) is 0. The van der Waals surface area contributed by atoms with E-state index < -0.39 is 17.8 Å². The Morgan fingerprint density at radius 3 is 1.44 bits per heavy atom. The van der Waals surface area contributed by atoms with Crippen molar-refractivity contribution < 1.29 is 40.6 Å². The van der Waals surface area contributed by atoms with Gasteiger partial charge in [0.1, 0.15) is 5.94 Å². The lowest BCUT2D eigenvalue weighted by molar-refractivity contribution is -0.289. The predicted octanol–water partition coefficient (Wildman–Crippen LogP) is 6.93. The number of hydrogen-bond donors (Lipinski definition) is 0. The molecule has 27 heavy (non-hydrogen) atoms. The first-order valence-electron chi connectivity index (χ1n) is 6.61. The number of ether oxygens (including phenoxy) is 2. The summed E-state index contributed by atoms with van der Waals surface area (Å²) in [4.78, 5) is 8.57. The summed E-state index contributed by atoms with van der Waals surface area (Å²) < 4.78 is 80.6. The molecule has 0 fully saturated rings. The lowest BCUT2D eigenvalue weighted by Gasteiger charge is -2.28. The molecule has 2 unspecified atom stereocenters. The minimum Gasteiger partial charge on any atom is -0.382 e. The molecule has 3 nitrogen and oxygen atoms in total. The monoisotopic (exact) mass is 418 g/mol. The molecule has 0 spiro atoms. The summed E-state index contributed by atoms with van der Waals surface area (Å²) in [5.74, 6) is -3.16. The third-order valence-corrected chi connectivity index (χ3v) is 2.62. The van der Waals surface area contributed by atoms with E-state index in [4.69, 9.17) is 14.3 Å². The van der Waals surface area contributed by atoms with Gasteiger partial charge in [0.2, 0.25) is 0 Å². The van der Waals surface area contributed by atoms with E-state index in [1.807, 2.05) is 0 Å². The van der Waals surface area contributed by atoms with Gasteiger partial charge in [-0.15, -0.1) is 0 Å². The molecule has 0 amide bonds. The highest BCUT2D eigenvalue weighted by atomic mass is 19.4. The Morgan fingerprint density at radius 2 is 1.30 bits per heavy atom. The largest absolute Gasteiger partial charge is 0.428 e. The summed E-state index contributed by atoms with van der Waals surface area (Å²) in [7, 11) is 1.68. The van der Waals surface area contributed by atoms with Crippen molar-refractivity contribution in [2.45, 2.75) is 87.7 Å². The number of alkyl halides is 6. The van der Waals surface area contributed by atoms with Crippen molar-refractivity contribution in [2.75, 3.05) is 20.3 Å². The van der Waals surface area contributed by atoms with Crippen molar-refractivity contribution in [2.24, 2.45) is 0 Å². The smallest absolute Gasteiger partial charge is 0.382 e. The maximum atomic E-state index is 12.2. The summed E-state index contributed by atoms with van der Waals surface area (Å²) in [6.07, 6.45) is -4.09. The fourth-order valence-corrected chi connectivity index (χ4v) is 0.699. The molecule has 0 N–H and O–H groups in total. The highest BCUT2D eigenvalue weighted by molar-refractivity contribution is 5.38. The van der Waals surface area contributed by atoms with E-state index in [9.17, 15) is 26.3 Å². The molecule has 2 atom stereocenters. The standard InChI is InChI=1S/C7H16O2.C5H6F6.C2H2O.4CH4/c1-4-7(2)9-6-5-8-3;1-3(6,4(2,7)8)5(9,10)11;1-2-3;;;;/h7H,4-6H2,1-3H3;1-2H3;1H2;4*1H4. The van der Waals surface area contributed by atoms with Gasteiger partial charge in [0.05, 0.1) is 19.3 Å². The van der Waals surface area contributed by atoms with Crippen molar-refractivity contribution in [1.29, 1.82) is 0 Å². The van der Waals surface area contributed by atoms with E-state index in [1.54, 1.807) is 7.11 Å². The van der Waals surface area contributed by atoms with Crippen LogP contribution in [0.25, 0.3) is 0 Å². The lowest BCUT2D eigenvalue weighted by atomic mass is 10.0. The number of halogens is 6. The van der Waals surface area contributed by atoms with Crippen LogP contribution in [0.15, 0.2) is 6.58 Å². The van der Waals surface area contributed by atoms with Crippen LogP contribution < -0.4 is 0 Å². The first-order valence-corrected chi connectivity index (χ1v) is 6.61. The average molecular weight is 419 g/mol. The van der Waals surface area contributed by atoms with Crippen LogP contribution in [0, 0.1) is 0 Å². The van der Waals surface area contributed by atoms with Crippen molar-refractivity contribution >= 4 is 5.94 Å². The molecule has 0 saturated heterocycles. The van der Waals surface area contributed by atoms with E-state index in [-0.39, 0.29) is 43.6 Å². The highest BCUT2D eigenvalue weighted by Gasteiger charge is 2.65. The zero-order chi connectivity index (χ0) is 19.3. The second-order valence-electron chi connectivity index (χ2n) is 4.62. The van der Waals surface area contributed by atoms with Crippen molar-refractivity contribution in [3.63, 3.8) is 0 Å². The molecule has 0 aromatic carbocycles. The Kier molecular flexibility index (Phi) is 35.4. The summed E-state index contributed by atoms with van der Waals surface area (Å²) in [6.45, 7) is 7.97. The minimum atomic E-state index is -5.54. The van der Waals surface area contributed by atoms with Crippen LogP contribution in [-0.2, 0) is 14.3 Å². The normalized spacial score (nSPS) is 12.9. The molecule has 0 aromatic rings. The molecule has 0 rings (SSSR count). The SMILES string of the molecule is C.C.C.C.C=C=O.CC(F)(F)C(C)(F)C(F)(F)F.CCC(C)OCCOC. The van der Waals surface area contributed by atoms with Crippen LogP contribution in [0.1, 0.15) is 63.8 Å². The van der Waals surface area contributed by atoms with Gasteiger partial charge in [-0.1, -0.05) is 36.6 Å². The summed E-state index contributed by atoms with van der Waals surface area (Å²) in [5.41, 5.74) is -4.46. The van der Waals surface area contributed by atoms with Crippen molar-refractivity contribution in [3.8, 4) is 0 Å². The van der Waals surface area contributed by atoms with Gasteiger partial charge in [-0.3, -0.25) is 0 Å². The van der Waals surface area contributed by atoms with Crippen LogP contribution >= 0.6 is 0 Å². The predicted molar refractivity (Wildman–Crippen MR) is 102 cm³/mol. The molecule has 0 bridgehead atoms. The lowest BCUT2D eigenvalue weighted by Crippen LogP contribution is -2.51. The summed E-state index contributed by atoms with van der Waals surface area (Å²) in [6, 6.07) is 0. The van der Waals surface area contributed by atoms with Gasteiger partial charge in [-0.25, -0.2) is 18.0 Å². The van der Waals surface area contributed by atoms with Gasteiger partial charge in [0.15, 0.2) is 0 Å². The van der Waals surface area contributed by atoms with Crippen molar-refractivity contribution in [1.82, 2.24) is 0 Å². The third kappa shape index (κ3) is 22.9. The summed E-state index contributed by atoms with van der Waals surface area (Å²) >= 11 is 0. The van der Waals surface area contributed by atoms with E-state index in [2.05, 4.69) is 20.4 Å². The Morgan fingerprint density at radius 1 is 0.963 bits per heavy atom. The van der Waals surface area contributed by atoms with Crippen LogP contribution in [0.4, 0.5) is 26.3 Å². The Labute approximate surface area is 162 Å². The molecule has 0 aliphatic carbocycles. The van der Waals surface area contributed by atoms with Crippen LogP contribution in [0.3, 0.4) is 0 Å². The van der Waals surface area contributed by atoms with E-state index in [0.717, 1.165) is 6.42 Å². The highest BCUT2D eigenvalue weighted by Crippen LogP contribution is 2.44. The molecular weight excluding hydrogens is 378 g/mol. The molecule has 0 saturated carbocycles. The quantitative estimate of drug-likeness (QED) is 0.267. The third-order valence-electron chi connectivity index (χ3n) is 2.62. The molecule has 9 heteroatoms. The van der Waals surface area contributed by atoms with E-state index in [0.29, 0.717) is 19.3 Å². The van der Waals surface area contributed by atoms with Gasteiger partial charge in [0.25, 0.3) is 11.6 Å². The van der Waals surface area contributed by atoms with Gasteiger partial charge >= 0.3 is 6.18 Å². The zero-order valence-corrected chi connectivity index (χ0v) is 13.9. The number of hydrogen-bond acceptors (Lipinski definition) is 3. The van der Waals surface area contributed by atoms with Crippen molar-refractivity contribution in [3.05, 3.63) is 6.58 Å². The number of methoxy groups -OCH3 is 1. The second-order valence-corrected chi connectivity index (χ2v) is 4.62. The van der Waals surface area contributed by atoms with E-state index >= 15 is 0 Å². The van der Waals surface area contributed by atoms with Gasteiger partial charge in [-0.2, -0.15) is 13.2 Å². The van der Waals surface area contributed by atoms with E-state index in [1.165, 1.54) is 5.94 Å². The van der Waals surface area contributed by atoms with Crippen LogP contribution in [0.5, 0.6) is 0 Å². The molecule has 0 heterocycles. The molecule has 0 aromatic heterocycles. The average Bonchev–Trinajstić information content (AvgIpc) is 2.38. The number of rotatable bonds is 6. The maximum absolute atomic E-state index is 12.2. The molecular formula is C18H40F6O3. The van der Waals surface area contributed by atoms with Gasteiger partial charge < -0.3 is 9.47 Å². The topological polar surface area (TPSA) is 35.5 Å². The van der Waals surface area contributed by atoms with Crippen LogP contribution in [0.2, 0.25) is 0 Å². The Bertz CT molecular complexity index is 304. The minimum absolute atomic E-state index is 0. The van der Waals surface area contributed by atoms with Gasteiger partial charge in [-0.05, 0) is 26.8 Å². The molecule has 172 valence electrons. The fourth-order valence-electron chi connectivity index (χ4n) is 0.699. The maximum Gasteiger partial charge on any atom is 0.428 e. The first kappa shape index (κ1) is 45.0. The Balaban J connectivity index is -0.0000000461. The molecule has 0 aliphatic rings. The first-order chi connectivity index (χ1) is 10.2.